The van der Waals surface area contributed by atoms with Gasteiger partial charge in [-0.05, 0) is 31.3 Å². The number of carbonyl (C=O) groups is 1. The molecule has 0 fully saturated rings. The lowest BCUT2D eigenvalue weighted by atomic mass is 10.1. The van der Waals surface area contributed by atoms with E-state index in [1.54, 1.807) is 42.3 Å². The second-order valence-corrected chi connectivity index (χ2v) is 3.98. The van der Waals surface area contributed by atoms with Crippen LogP contribution in [-0.4, -0.2) is 29.2 Å². The monoisotopic (exact) mass is 249 g/mol. The maximum absolute atomic E-state index is 11.7. The largest absolute Gasteiger partial charge is 0.313 e. The van der Waals surface area contributed by atoms with Crippen LogP contribution in [0.25, 0.3) is 5.69 Å². The molecule has 0 aliphatic heterocycles. The maximum Gasteiger partial charge on any atom is 0.176 e. The van der Waals surface area contributed by atoms with Gasteiger partial charge in [-0.25, -0.2) is 4.68 Å². The van der Waals surface area contributed by atoms with Crippen LogP contribution in [0.1, 0.15) is 10.4 Å². The zero-order chi connectivity index (χ0) is 12.3. The molecule has 0 unspecified atom stereocenters. The van der Waals surface area contributed by atoms with E-state index in [1.807, 2.05) is 6.07 Å². The summed E-state index contributed by atoms with van der Waals surface area (Å²) < 4.78 is 1.66. The minimum absolute atomic E-state index is 0.0152. The first-order chi connectivity index (χ1) is 8.22. The van der Waals surface area contributed by atoms with Gasteiger partial charge < -0.3 is 5.32 Å². The summed E-state index contributed by atoms with van der Waals surface area (Å²) >= 11 is 6.13. The molecule has 1 aromatic carbocycles. The Morgan fingerprint density at radius 2 is 2.35 bits per heavy atom. The standard InChI is InChI=1S/C12H12ClN3O/c1-14-8-12(17)9-3-4-11(10(13)7-9)16-6-2-5-15-16/h2-7,14H,8H2,1H3. The third kappa shape index (κ3) is 2.54. The third-order valence-electron chi connectivity index (χ3n) is 2.36. The molecule has 88 valence electrons. The third-order valence-corrected chi connectivity index (χ3v) is 2.66. The van der Waals surface area contributed by atoms with Crippen LogP contribution in [-0.2, 0) is 0 Å². The van der Waals surface area contributed by atoms with Gasteiger partial charge in [0.1, 0.15) is 0 Å². The first-order valence-corrected chi connectivity index (χ1v) is 5.57. The van der Waals surface area contributed by atoms with Gasteiger partial charge in [-0.1, -0.05) is 11.6 Å². The average molecular weight is 250 g/mol. The molecular formula is C12H12ClN3O. The number of aromatic nitrogens is 2. The van der Waals surface area contributed by atoms with Crippen LogP contribution in [0.15, 0.2) is 36.7 Å². The molecule has 0 atom stereocenters. The van der Waals surface area contributed by atoms with Crippen LogP contribution in [0.5, 0.6) is 0 Å². The SMILES string of the molecule is CNCC(=O)c1ccc(-n2cccn2)c(Cl)c1. The van der Waals surface area contributed by atoms with Crippen LogP contribution >= 0.6 is 11.6 Å². The predicted molar refractivity (Wildman–Crippen MR) is 66.8 cm³/mol. The number of nitrogens with one attached hydrogen (secondary N) is 1. The van der Waals surface area contributed by atoms with Crippen LogP contribution in [0.3, 0.4) is 0 Å². The summed E-state index contributed by atoms with van der Waals surface area (Å²) in [7, 11) is 1.73. The van der Waals surface area contributed by atoms with Crippen molar-refractivity contribution in [3.63, 3.8) is 0 Å². The van der Waals surface area contributed by atoms with E-state index in [0.29, 0.717) is 17.1 Å². The molecular weight excluding hydrogens is 238 g/mol. The average Bonchev–Trinajstić information content (AvgIpc) is 2.82. The Balaban J connectivity index is 2.32. The van der Waals surface area contributed by atoms with Crippen molar-refractivity contribution in [1.29, 1.82) is 0 Å². The highest BCUT2D eigenvalue weighted by molar-refractivity contribution is 6.32. The lowest BCUT2D eigenvalue weighted by molar-refractivity contribution is 0.0993. The molecule has 0 amide bonds. The predicted octanol–water partition coefficient (Wildman–Crippen LogP) is 1.93. The summed E-state index contributed by atoms with van der Waals surface area (Å²) in [5.41, 5.74) is 1.36. The molecule has 0 aliphatic carbocycles. The van der Waals surface area contributed by atoms with E-state index in [0.717, 1.165) is 5.69 Å². The summed E-state index contributed by atoms with van der Waals surface area (Å²) in [6.07, 6.45) is 3.48. The molecule has 1 heterocycles. The minimum Gasteiger partial charge on any atom is -0.313 e. The van der Waals surface area contributed by atoms with Crippen molar-refractivity contribution in [2.75, 3.05) is 13.6 Å². The number of likely N-dealkylation sites (N-methyl/N-ethyl adjacent to an activating group) is 1. The van der Waals surface area contributed by atoms with Crippen molar-refractivity contribution in [1.82, 2.24) is 15.1 Å². The molecule has 1 aromatic heterocycles. The molecule has 0 saturated carbocycles. The number of benzene rings is 1. The molecule has 5 heteroatoms. The normalized spacial score (nSPS) is 10.5. The van der Waals surface area contributed by atoms with Crippen molar-refractivity contribution in [2.45, 2.75) is 0 Å². The minimum atomic E-state index is 0.0152. The highest BCUT2D eigenvalue weighted by Gasteiger charge is 2.09. The fourth-order valence-corrected chi connectivity index (χ4v) is 1.81. The Hall–Kier alpha value is -1.65. The number of hydrogen-bond acceptors (Lipinski definition) is 3. The molecule has 0 saturated heterocycles. The fraction of sp³-hybridized carbons (Fsp3) is 0.167. The van der Waals surface area contributed by atoms with Gasteiger partial charge in [0.25, 0.3) is 0 Å². The molecule has 0 bridgehead atoms. The molecule has 0 radical (unpaired) electrons. The zero-order valence-corrected chi connectivity index (χ0v) is 10.1. The van der Waals surface area contributed by atoms with Crippen LogP contribution in [0, 0.1) is 0 Å². The summed E-state index contributed by atoms with van der Waals surface area (Å²) in [6.45, 7) is 0.303. The van der Waals surface area contributed by atoms with Gasteiger partial charge in [-0.3, -0.25) is 4.79 Å². The number of nitrogens with zero attached hydrogens (tertiary/aromatic N) is 2. The Kier molecular flexibility index (Phi) is 3.56. The van der Waals surface area contributed by atoms with Crippen LogP contribution in [0.2, 0.25) is 5.02 Å². The Morgan fingerprint density at radius 1 is 1.53 bits per heavy atom. The second kappa shape index (κ2) is 5.12. The van der Waals surface area contributed by atoms with Crippen molar-refractivity contribution >= 4 is 17.4 Å². The Morgan fingerprint density at radius 3 is 2.94 bits per heavy atom. The van der Waals surface area contributed by atoms with E-state index >= 15 is 0 Å². The first-order valence-electron chi connectivity index (χ1n) is 5.19. The summed E-state index contributed by atoms with van der Waals surface area (Å²) in [5.74, 6) is 0.0152. The Bertz CT molecular complexity index is 523. The van der Waals surface area contributed by atoms with E-state index in [-0.39, 0.29) is 5.78 Å². The van der Waals surface area contributed by atoms with Crippen molar-refractivity contribution in [2.24, 2.45) is 0 Å². The van der Waals surface area contributed by atoms with Gasteiger partial charge >= 0.3 is 0 Å². The summed E-state index contributed by atoms with van der Waals surface area (Å²) in [5, 5.41) is 7.42. The van der Waals surface area contributed by atoms with Gasteiger partial charge in [0.15, 0.2) is 5.78 Å². The number of halogens is 1. The summed E-state index contributed by atoms with van der Waals surface area (Å²) in [6, 6.07) is 7.02. The van der Waals surface area contributed by atoms with E-state index in [4.69, 9.17) is 11.6 Å². The highest BCUT2D eigenvalue weighted by Crippen LogP contribution is 2.21. The van der Waals surface area contributed by atoms with E-state index in [2.05, 4.69) is 10.4 Å². The zero-order valence-electron chi connectivity index (χ0n) is 9.35. The second-order valence-electron chi connectivity index (χ2n) is 3.57. The molecule has 1 N–H and O–H groups in total. The number of Topliss-reactive ketones (excluding diaryl/α,β-unsaturated/α-hetero) is 1. The maximum atomic E-state index is 11.7. The number of rotatable bonds is 4. The van der Waals surface area contributed by atoms with Gasteiger partial charge in [0.2, 0.25) is 0 Å². The van der Waals surface area contributed by atoms with Gasteiger partial charge in [0.05, 0.1) is 17.3 Å². The topological polar surface area (TPSA) is 46.9 Å². The molecule has 17 heavy (non-hydrogen) atoms. The molecule has 2 rings (SSSR count). The fourth-order valence-electron chi connectivity index (χ4n) is 1.54. The van der Waals surface area contributed by atoms with E-state index in [1.165, 1.54) is 0 Å². The van der Waals surface area contributed by atoms with Crippen molar-refractivity contribution < 1.29 is 4.79 Å². The van der Waals surface area contributed by atoms with Crippen molar-refractivity contribution in [3.8, 4) is 5.69 Å². The number of hydrogen-bond donors (Lipinski definition) is 1. The van der Waals surface area contributed by atoms with Crippen molar-refractivity contribution in [3.05, 3.63) is 47.2 Å². The molecule has 2 aromatic rings. The quantitative estimate of drug-likeness (QED) is 0.843. The Labute approximate surface area is 104 Å². The van der Waals surface area contributed by atoms with E-state index in [9.17, 15) is 4.79 Å². The van der Waals surface area contributed by atoms with Gasteiger partial charge in [-0.2, -0.15) is 5.10 Å². The molecule has 0 aliphatic rings. The molecule has 4 nitrogen and oxygen atoms in total. The lowest BCUT2D eigenvalue weighted by Crippen LogP contribution is -2.18. The lowest BCUT2D eigenvalue weighted by Gasteiger charge is -2.06. The molecule has 0 spiro atoms. The van der Waals surface area contributed by atoms with Crippen LogP contribution < -0.4 is 5.32 Å². The van der Waals surface area contributed by atoms with Crippen LogP contribution in [0.4, 0.5) is 0 Å². The van der Waals surface area contributed by atoms with E-state index < -0.39 is 0 Å². The van der Waals surface area contributed by atoms with Gasteiger partial charge in [0, 0.05) is 18.0 Å². The highest BCUT2D eigenvalue weighted by atomic mass is 35.5. The smallest absolute Gasteiger partial charge is 0.176 e. The van der Waals surface area contributed by atoms with Gasteiger partial charge in [-0.15, -0.1) is 0 Å². The number of carbonyl (C=O) groups excluding carboxylic acids is 1. The summed E-state index contributed by atoms with van der Waals surface area (Å²) in [4.78, 5) is 11.7. The number of ketones is 1. The first kappa shape index (κ1) is 11.8.